The molecule has 1 saturated carbocycles. The molecule has 1 N–H and O–H groups in total. The number of nitrogens with zero attached hydrogens (tertiary/aromatic N) is 3. The quantitative estimate of drug-likeness (QED) is 0.293. The van der Waals surface area contributed by atoms with Crippen LogP contribution in [0.25, 0.3) is 0 Å². The van der Waals surface area contributed by atoms with E-state index in [1.807, 2.05) is 43.3 Å². The first-order valence-electron chi connectivity index (χ1n) is 17.1. The van der Waals surface area contributed by atoms with Gasteiger partial charge in [-0.3, -0.25) is 24.1 Å². The summed E-state index contributed by atoms with van der Waals surface area (Å²) in [5.74, 6) is -4.33. The number of allylic oxidation sites excluding steroid dienone is 2. The Bertz CT molecular complexity index is 1900. The molecule has 50 heavy (non-hydrogen) atoms. The molecule has 0 spiro atoms. The summed E-state index contributed by atoms with van der Waals surface area (Å²) < 4.78 is 16.5. The Balaban J connectivity index is 1.21. The van der Waals surface area contributed by atoms with E-state index in [0.29, 0.717) is 36.6 Å². The minimum Gasteiger partial charge on any atom is -0.502 e. The number of rotatable bonds is 6. The van der Waals surface area contributed by atoms with E-state index < -0.39 is 35.0 Å². The summed E-state index contributed by atoms with van der Waals surface area (Å²) >= 11 is 0. The lowest BCUT2D eigenvalue weighted by Gasteiger charge is -2.49. The van der Waals surface area contributed by atoms with Crippen molar-refractivity contribution in [3.05, 3.63) is 83.9 Å². The summed E-state index contributed by atoms with van der Waals surface area (Å²) in [5.41, 5.74) is 2.20. The number of aromatic hydroxyl groups is 1. The number of ether oxygens (including phenoxy) is 3. The number of para-hydroxylation sites is 1. The van der Waals surface area contributed by atoms with Crippen molar-refractivity contribution in [3.63, 3.8) is 0 Å². The van der Waals surface area contributed by atoms with Gasteiger partial charge in [-0.05, 0) is 79.8 Å². The van der Waals surface area contributed by atoms with Crippen molar-refractivity contribution in [2.24, 2.45) is 29.1 Å². The van der Waals surface area contributed by atoms with Gasteiger partial charge in [-0.15, -0.1) is 0 Å². The lowest BCUT2D eigenvalue weighted by molar-refractivity contribution is -0.131. The predicted molar refractivity (Wildman–Crippen MR) is 184 cm³/mol. The molecule has 8 rings (SSSR count). The molecule has 11 nitrogen and oxygen atoms in total. The lowest BCUT2D eigenvalue weighted by atomic mass is 9.51. The normalized spacial score (nSPS) is 29.1. The average molecular weight is 678 g/mol. The maximum absolute atomic E-state index is 14.7. The van der Waals surface area contributed by atoms with E-state index in [1.54, 1.807) is 36.4 Å². The van der Waals surface area contributed by atoms with Gasteiger partial charge in [0.15, 0.2) is 11.5 Å². The minimum atomic E-state index is -1.24. The van der Waals surface area contributed by atoms with Gasteiger partial charge in [0.2, 0.25) is 29.4 Å². The third kappa shape index (κ3) is 4.59. The van der Waals surface area contributed by atoms with E-state index in [-0.39, 0.29) is 47.3 Å². The number of amides is 4. The van der Waals surface area contributed by atoms with Gasteiger partial charge in [0, 0.05) is 24.7 Å². The average Bonchev–Trinajstić information content (AvgIpc) is 3.51. The molecule has 3 saturated heterocycles. The Kier molecular flexibility index (Phi) is 7.70. The van der Waals surface area contributed by atoms with Crippen LogP contribution in [0.2, 0.25) is 0 Å². The molecule has 0 aromatic heterocycles. The maximum Gasteiger partial charge on any atom is 0.241 e. The Morgan fingerprint density at radius 2 is 1.40 bits per heavy atom. The molecule has 5 aliphatic rings. The smallest absolute Gasteiger partial charge is 0.241 e. The monoisotopic (exact) mass is 677 g/mol. The number of imide groups is 2. The first-order chi connectivity index (χ1) is 24.2. The van der Waals surface area contributed by atoms with Crippen LogP contribution >= 0.6 is 0 Å². The van der Waals surface area contributed by atoms with E-state index in [0.717, 1.165) is 24.4 Å². The van der Waals surface area contributed by atoms with Crippen molar-refractivity contribution in [2.75, 3.05) is 55.2 Å². The number of benzene rings is 3. The van der Waals surface area contributed by atoms with Gasteiger partial charge in [0.25, 0.3) is 0 Å². The molecule has 4 amide bonds. The number of carbonyl (C=O) groups is 4. The van der Waals surface area contributed by atoms with Crippen molar-refractivity contribution >= 4 is 40.7 Å². The molecule has 0 unspecified atom stereocenters. The first-order valence-corrected chi connectivity index (χ1v) is 17.1. The van der Waals surface area contributed by atoms with Crippen LogP contribution in [0.4, 0.5) is 17.1 Å². The van der Waals surface area contributed by atoms with E-state index in [9.17, 15) is 24.3 Å². The highest BCUT2D eigenvalue weighted by atomic mass is 16.5. The number of morpholine rings is 1. The third-order valence-electron chi connectivity index (χ3n) is 11.6. The van der Waals surface area contributed by atoms with E-state index in [1.165, 1.54) is 24.0 Å². The summed E-state index contributed by atoms with van der Waals surface area (Å²) in [7, 11) is 2.87. The van der Waals surface area contributed by atoms with E-state index in [4.69, 9.17) is 14.2 Å². The third-order valence-corrected chi connectivity index (χ3v) is 11.6. The number of phenols is 1. The lowest BCUT2D eigenvalue weighted by Crippen LogP contribution is -2.48. The Morgan fingerprint density at radius 3 is 2.04 bits per heavy atom. The fourth-order valence-electron chi connectivity index (χ4n) is 9.19. The van der Waals surface area contributed by atoms with Crippen LogP contribution in [0.3, 0.4) is 0 Å². The Labute approximate surface area is 290 Å². The number of methoxy groups -OCH3 is 2. The largest absolute Gasteiger partial charge is 0.502 e. The summed E-state index contributed by atoms with van der Waals surface area (Å²) in [6.45, 7) is 4.65. The van der Waals surface area contributed by atoms with Gasteiger partial charge in [-0.2, -0.15) is 0 Å². The minimum absolute atomic E-state index is 0.159. The van der Waals surface area contributed by atoms with E-state index >= 15 is 0 Å². The fourth-order valence-corrected chi connectivity index (χ4v) is 9.19. The second-order valence-corrected chi connectivity index (χ2v) is 13.9. The standard InChI is InChI=1S/C39H39N3O8/c1-39-29(36(45)42(38(39)47)24-7-5-4-6-8-24)21-28-26(33(39)22-19-30(48-2)34(43)31(20-22)49-3)13-14-27-32(28)37(46)41(35(27)44)25-11-9-23(10-12-25)40-15-17-50-18-16-40/h4-13,19-20,27-29,32-33,43H,14-18,21H2,1-3H3/t27-,28+,29-,32-,33-,39+/m0/s1. The molecule has 4 fully saturated rings. The molecule has 0 radical (unpaired) electrons. The van der Waals surface area contributed by atoms with Crippen molar-refractivity contribution < 1.29 is 38.5 Å². The molecule has 3 heterocycles. The van der Waals surface area contributed by atoms with Gasteiger partial charge in [-0.25, -0.2) is 4.90 Å². The zero-order chi connectivity index (χ0) is 34.9. The van der Waals surface area contributed by atoms with Gasteiger partial charge < -0.3 is 24.2 Å². The first kappa shape index (κ1) is 32.1. The Hall–Kier alpha value is -5.16. The van der Waals surface area contributed by atoms with Crippen molar-refractivity contribution in [1.82, 2.24) is 0 Å². The molecule has 0 bridgehead atoms. The van der Waals surface area contributed by atoms with Crippen LogP contribution in [0.5, 0.6) is 17.2 Å². The van der Waals surface area contributed by atoms with Crippen molar-refractivity contribution in [3.8, 4) is 17.2 Å². The van der Waals surface area contributed by atoms with Crippen LogP contribution in [0.1, 0.15) is 31.2 Å². The molecule has 3 aromatic carbocycles. The van der Waals surface area contributed by atoms with Gasteiger partial charge in [-0.1, -0.05) is 29.8 Å². The Morgan fingerprint density at radius 1 is 0.780 bits per heavy atom. The molecule has 3 aliphatic heterocycles. The molecular weight excluding hydrogens is 638 g/mol. The summed E-state index contributed by atoms with van der Waals surface area (Å²) in [4.78, 5) is 62.4. The number of hydrogen-bond donors (Lipinski definition) is 1. The number of phenolic OH excluding ortho intramolecular Hbond substituents is 1. The molecule has 6 atom stereocenters. The summed E-state index contributed by atoms with van der Waals surface area (Å²) in [6, 6.07) is 19.7. The molecule has 11 heteroatoms. The van der Waals surface area contributed by atoms with Crippen LogP contribution in [0, 0.1) is 29.1 Å². The number of carbonyl (C=O) groups excluding carboxylic acids is 4. The van der Waals surface area contributed by atoms with Crippen molar-refractivity contribution in [2.45, 2.75) is 25.7 Å². The fraction of sp³-hybridized carbons (Fsp3) is 0.385. The number of anilines is 3. The molecular formula is C39H39N3O8. The second-order valence-electron chi connectivity index (χ2n) is 13.9. The van der Waals surface area contributed by atoms with Crippen LogP contribution in [-0.2, 0) is 23.9 Å². The van der Waals surface area contributed by atoms with Gasteiger partial charge >= 0.3 is 0 Å². The SMILES string of the molecule is COc1cc([C@H]2C3=CC[C@@H]4C(=O)N(c5ccc(N6CCOCC6)cc5)C(=O)[C@@H]4[C@@H]3C[C@H]3C(=O)N(c4ccccc4)C(=O)[C@@]23C)cc(OC)c1O. The van der Waals surface area contributed by atoms with E-state index in [2.05, 4.69) is 4.90 Å². The molecule has 3 aromatic rings. The summed E-state index contributed by atoms with van der Waals surface area (Å²) in [6.07, 6.45) is 2.56. The highest BCUT2D eigenvalue weighted by molar-refractivity contribution is 6.25. The van der Waals surface area contributed by atoms with Crippen molar-refractivity contribution in [1.29, 1.82) is 0 Å². The zero-order valence-corrected chi connectivity index (χ0v) is 28.2. The second kappa shape index (κ2) is 12.0. The van der Waals surface area contributed by atoms with Crippen LogP contribution in [0.15, 0.2) is 78.4 Å². The maximum atomic E-state index is 14.7. The molecule has 2 aliphatic carbocycles. The van der Waals surface area contributed by atoms with Crippen LogP contribution in [-0.4, -0.2) is 69.3 Å². The predicted octanol–water partition coefficient (Wildman–Crippen LogP) is 4.68. The van der Waals surface area contributed by atoms with Crippen LogP contribution < -0.4 is 24.2 Å². The molecule has 258 valence electrons. The number of fused-ring (bicyclic) bond motifs is 4. The zero-order valence-electron chi connectivity index (χ0n) is 28.2. The number of hydrogen-bond acceptors (Lipinski definition) is 9. The highest BCUT2D eigenvalue weighted by Gasteiger charge is 2.67. The van der Waals surface area contributed by atoms with Gasteiger partial charge in [0.05, 0.1) is 62.0 Å². The summed E-state index contributed by atoms with van der Waals surface area (Å²) in [5, 5.41) is 10.8. The highest BCUT2D eigenvalue weighted by Crippen LogP contribution is 2.64. The van der Waals surface area contributed by atoms with Gasteiger partial charge in [0.1, 0.15) is 0 Å². The topological polar surface area (TPSA) is 126 Å².